The van der Waals surface area contributed by atoms with Crippen LogP contribution in [0.25, 0.3) is 0 Å². The van der Waals surface area contributed by atoms with Crippen molar-refractivity contribution in [2.24, 2.45) is 15.4 Å². The maximum absolute atomic E-state index is 9.98. The minimum Gasteiger partial charge on any atom is -0.211 e. The molecule has 13 heavy (non-hydrogen) atoms. The third kappa shape index (κ3) is 5.07. The molecule has 0 radical (unpaired) electrons. The highest BCUT2D eigenvalue weighted by atomic mass is 16.1. The fourth-order valence-electron chi connectivity index (χ4n) is 0.880. The average Bonchev–Trinajstić information content (AvgIpc) is 2.05. The van der Waals surface area contributed by atoms with E-state index in [-0.39, 0.29) is 5.41 Å². The molecule has 0 fully saturated rings. The Kier molecular flexibility index (Phi) is 4.90. The van der Waals surface area contributed by atoms with Crippen LogP contribution in [-0.4, -0.2) is 18.3 Å². The fraction of sp³-hybridized carbons (Fsp3) is 0.778. The van der Waals surface area contributed by atoms with Crippen LogP contribution in [0, 0.1) is 5.41 Å². The topological polar surface area (TPSA) is 58.9 Å². The predicted molar refractivity (Wildman–Crippen MR) is 48.7 cm³/mol. The van der Waals surface area contributed by atoms with Crippen molar-refractivity contribution in [2.45, 2.75) is 39.8 Å². The summed E-state index contributed by atoms with van der Waals surface area (Å²) in [7, 11) is 0. The van der Waals surface area contributed by atoms with E-state index in [2.05, 4.69) is 9.98 Å². The van der Waals surface area contributed by atoms with Crippen LogP contribution in [0.4, 0.5) is 0 Å². The Hall–Kier alpha value is -1.24. The molecule has 0 aliphatic rings. The minimum absolute atomic E-state index is 0.0192. The van der Waals surface area contributed by atoms with Gasteiger partial charge in [-0.05, 0) is 11.8 Å². The first-order valence-corrected chi connectivity index (χ1v) is 4.19. The molecule has 0 heterocycles. The van der Waals surface area contributed by atoms with E-state index in [9.17, 15) is 9.59 Å². The van der Waals surface area contributed by atoms with Crippen molar-refractivity contribution in [1.29, 1.82) is 0 Å². The van der Waals surface area contributed by atoms with E-state index >= 15 is 0 Å². The summed E-state index contributed by atoms with van der Waals surface area (Å²) in [6.07, 6.45) is 3.68. The lowest BCUT2D eigenvalue weighted by Gasteiger charge is -2.23. The van der Waals surface area contributed by atoms with Gasteiger partial charge < -0.3 is 0 Å². The Balaban J connectivity index is 4.42. The molecule has 0 aromatic carbocycles. The van der Waals surface area contributed by atoms with Gasteiger partial charge in [0.2, 0.25) is 12.2 Å². The maximum atomic E-state index is 9.98. The van der Waals surface area contributed by atoms with Gasteiger partial charge >= 0.3 is 0 Å². The summed E-state index contributed by atoms with van der Waals surface area (Å²) in [5.41, 5.74) is 0.0192. The summed E-state index contributed by atoms with van der Waals surface area (Å²) in [5.74, 6) is 0. The van der Waals surface area contributed by atoms with Gasteiger partial charge in [0.15, 0.2) is 6.17 Å². The Morgan fingerprint density at radius 1 is 1.23 bits per heavy atom. The van der Waals surface area contributed by atoms with Crippen LogP contribution in [0.5, 0.6) is 0 Å². The molecule has 0 saturated carbocycles. The Morgan fingerprint density at radius 2 is 1.69 bits per heavy atom. The zero-order chi connectivity index (χ0) is 10.3. The van der Waals surface area contributed by atoms with E-state index < -0.39 is 6.17 Å². The quantitative estimate of drug-likeness (QED) is 0.481. The van der Waals surface area contributed by atoms with Gasteiger partial charge in [-0.1, -0.05) is 27.2 Å². The van der Waals surface area contributed by atoms with Gasteiger partial charge in [0.25, 0.3) is 0 Å². The number of nitrogens with zero attached hydrogens (tertiary/aromatic N) is 2. The number of aliphatic imine (C=N–C) groups is 2. The lowest BCUT2D eigenvalue weighted by molar-refractivity contribution is 0.296. The molecule has 0 spiro atoms. The molecule has 0 unspecified atom stereocenters. The van der Waals surface area contributed by atoms with E-state index in [1.165, 1.54) is 12.2 Å². The largest absolute Gasteiger partial charge is 0.237 e. The Morgan fingerprint density at radius 3 is 2.00 bits per heavy atom. The maximum Gasteiger partial charge on any atom is 0.237 e. The zero-order valence-electron chi connectivity index (χ0n) is 8.20. The fourth-order valence-corrected chi connectivity index (χ4v) is 0.880. The highest BCUT2D eigenvalue weighted by Gasteiger charge is 2.20. The van der Waals surface area contributed by atoms with Crippen LogP contribution in [-0.2, 0) is 9.59 Å². The summed E-state index contributed by atoms with van der Waals surface area (Å²) in [6, 6.07) is 0. The first kappa shape index (κ1) is 11.8. The second-order valence-corrected chi connectivity index (χ2v) is 3.64. The summed E-state index contributed by atoms with van der Waals surface area (Å²) in [6.45, 7) is 6.09. The number of isocyanates is 2. The molecule has 0 aliphatic carbocycles. The van der Waals surface area contributed by atoms with Crippen LogP contribution in [0.15, 0.2) is 9.98 Å². The first-order chi connectivity index (χ1) is 6.05. The van der Waals surface area contributed by atoms with E-state index in [0.717, 1.165) is 6.42 Å². The van der Waals surface area contributed by atoms with Crippen LogP contribution >= 0.6 is 0 Å². The van der Waals surface area contributed by atoms with Crippen molar-refractivity contribution in [1.82, 2.24) is 0 Å². The third-order valence-electron chi connectivity index (χ3n) is 2.10. The van der Waals surface area contributed by atoms with Crippen molar-refractivity contribution in [3.63, 3.8) is 0 Å². The standard InChI is InChI=1S/C9H14N2O2/c1-4-9(2,3)5-8(10-6-12)11-7-13/h8H,4-5H2,1-3H3. The highest BCUT2D eigenvalue weighted by molar-refractivity contribution is 5.36. The van der Waals surface area contributed by atoms with Gasteiger partial charge in [0, 0.05) is 0 Å². The first-order valence-electron chi connectivity index (χ1n) is 4.19. The van der Waals surface area contributed by atoms with Crippen molar-refractivity contribution < 1.29 is 9.59 Å². The summed E-state index contributed by atoms with van der Waals surface area (Å²) >= 11 is 0. The summed E-state index contributed by atoms with van der Waals surface area (Å²) in [4.78, 5) is 26.8. The molecule has 0 saturated heterocycles. The summed E-state index contributed by atoms with van der Waals surface area (Å²) in [5, 5.41) is 0. The molecule has 0 aromatic rings. The van der Waals surface area contributed by atoms with Gasteiger partial charge in [-0.25, -0.2) is 9.59 Å². The van der Waals surface area contributed by atoms with Crippen molar-refractivity contribution in [2.75, 3.05) is 0 Å². The Bertz CT molecular complexity index is 230. The van der Waals surface area contributed by atoms with E-state index in [0.29, 0.717) is 6.42 Å². The molecule has 0 bridgehead atoms. The number of carbonyl (C=O) groups excluding carboxylic acids is 2. The zero-order valence-corrected chi connectivity index (χ0v) is 8.20. The van der Waals surface area contributed by atoms with Crippen LogP contribution in [0.2, 0.25) is 0 Å². The lowest BCUT2D eigenvalue weighted by Crippen LogP contribution is -2.17. The molecule has 0 amide bonds. The minimum atomic E-state index is -0.620. The normalized spacial score (nSPS) is 12.5. The average molecular weight is 182 g/mol. The van der Waals surface area contributed by atoms with Crippen molar-refractivity contribution in [3.05, 3.63) is 0 Å². The van der Waals surface area contributed by atoms with Gasteiger partial charge in [0.1, 0.15) is 0 Å². The molecule has 4 heteroatoms. The monoisotopic (exact) mass is 182 g/mol. The second kappa shape index (κ2) is 5.41. The molecular formula is C9H14N2O2. The molecule has 0 aromatic heterocycles. The number of hydrogen-bond acceptors (Lipinski definition) is 4. The number of hydrogen-bond donors (Lipinski definition) is 0. The predicted octanol–water partition coefficient (Wildman–Crippen LogP) is 1.81. The van der Waals surface area contributed by atoms with Crippen LogP contribution < -0.4 is 0 Å². The number of rotatable bonds is 5. The molecule has 0 N–H and O–H groups in total. The molecule has 4 nitrogen and oxygen atoms in total. The van der Waals surface area contributed by atoms with Crippen molar-refractivity contribution >= 4 is 12.2 Å². The van der Waals surface area contributed by atoms with Crippen LogP contribution in [0.3, 0.4) is 0 Å². The van der Waals surface area contributed by atoms with Gasteiger partial charge in [-0.15, -0.1) is 0 Å². The molecular weight excluding hydrogens is 168 g/mol. The molecule has 72 valence electrons. The highest BCUT2D eigenvalue weighted by Crippen LogP contribution is 2.27. The van der Waals surface area contributed by atoms with E-state index in [1.807, 2.05) is 20.8 Å². The van der Waals surface area contributed by atoms with E-state index in [4.69, 9.17) is 0 Å². The smallest absolute Gasteiger partial charge is 0.211 e. The molecule has 0 aliphatic heterocycles. The Labute approximate surface area is 77.8 Å². The van der Waals surface area contributed by atoms with E-state index in [1.54, 1.807) is 0 Å². The van der Waals surface area contributed by atoms with Gasteiger partial charge in [0.05, 0.1) is 0 Å². The second-order valence-electron chi connectivity index (χ2n) is 3.64. The molecule has 0 atom stereocenters. The van der Waals surface area contributed by atoms with Crippen LogP contribution in [0.1, 0.15) is 33.6 Å². The molecule has 0 rings (SSSR count). The van der Waals surface area contributed by atoms with Gasteiger partial charge in [-0.2, -0.15) is 9.98 Å². The van der Waals surface area contributed by atoms with Crippen molar-refractivity contribution in [3.8, 4) is 0 Å². The summed E-state index contributed by atoms with van der Waals surface area (Å²) < 4.78 is 0. The lowest BCUT2D eigenvalue weighted by atomic mass is 9.85. The third-order valence-corrected chi connectivity index (χ3v) is 2.10. The SMILES string of the molecule is CCC(C)(C)CC(N=C=O)N=C=O. The van der Waals surface area contributed by atoms with Gasteiger partial charge in [-0.3, -0.25) is 0 Å².